The molecule has 3 unspecified atom stereocenters. The standard InChI is InChI=1S/C17H23N3/c1-16(2)12-6-7-17(3,9-12)15(16)20-13-5-4-11(10-18)14(19)8-13/h4-5,8,12,15,20H,6-7,9,19H2,1-3H3. The molecule has 0 radical (unpaired) electrons. The second-order valence-electron chi connectivity index (χ2n) is 7.41. The van der Waals surface area contributed by atoms with Crippen molar-refractivity contribution in [3.63, 3.8) is 0 Å². The van der Waals surface area contributed by atoms with E-state index in [2.05, 4.69) is 32.2 Å². The number of benzene rings is 1. The summed E-state index contributed by atoms with van der Waals surface area (Å²) >= 11 is 0. The van der Waals surface area contributed by atoms with Crippen LogP contribution in [0.4, 0.5) is 11.4 Å². The molecule has 106 valence electrons. The highest BCUT2D eigenvalue weighted by molar-refractivity contribution is 5.63. The summed E-state index contributed by atoms with van der Waals surface area (Å²) in [6.07, 6.45) is 3.99. The first kappa shape index (κ1) is 13.3. The topological polar surface area (TPSA) is 61.8 Å². The summed E-state index contributed by atoms with van der Waals surface area (Å²) in [5.41, 5.74) is 8.77. The summed E-state index contributed by atoms with van der Waals surface area (Å²) in [7, 11) is 0. The highest BCUT2D eigenvalue weighted by Gasteiger charge is 2.59. The number of nitriles is 1. The van der Waals surface area contributed by atoms with Gasteiger partial charge < -0.3 is 11.1 Å². The second-order valence-corrected chi connectivity index (χ2v) is 7.41. The monoisotopic (exact) mass is 269 g/mol. The van der Waals surface area contributed by atoms with Crippen LogP contribution in [0.1, 0.15) is 45.6 Å². The average molecular weight is 269 g/mol. The molecular weight excluding hydrogens is 246 g/mol. The van der Waals surface area contributed by atoms with E-state index in [-0.39, 0.29) is 0 Å². The van der Waals surface area contributed by atoms with Crippen molar-refractivity contribution in [3.05, 3.63) is 23.8 Å². The third kappa shape index (κ3) is 1.78. The minimum Gasteiger partial charge on any atom is -0.398 e. The Morgan fingerprint density at radius 2 is 2.10 bits per heavy atom. The van der Waals surface area contributed by atoms with Gasteiger partial charge >= 0.3 is 0 Å². The van der Waals surface area contributed by atoms with Gasteiger partial charge in [-0.25, -0.2) is 0 Å². The Labute approximate surface area is 121 Å². The Hall–Kier alpha value is -1.69. The van der Waals surface area contributed by atoms with Gasteiger partial charge in [-0.3, -0.25) is 0 Å². The maximum atomic E-state index is 8.95. The molecule has 0 spiro atoms. The molecule has 2 aliphatic rings. The van der Waals surface area contributed by atoms with Crippen molar-refractivity contribution >= 4 is 11.4 Å². The quantitative estimate of drug-likeness (QED) is 0.803. The lowest BCUT2D eigenvalue weighted by atomic mass is 9.68. The molecule has 3 nitrogen and oxygen atoms in total. The summed E-state index contributed by atoms with van der Waals surface area (Å²) < 4.78 is 0. The smallest absolute Gasteiger partial charge is 0.101 e. The molecule has 0 heterocycles. The molecule has 0 amide bonds. The van der Waals surface area contributed by atoms with Crippen molar-refractivity contribution in [2.75, 3.05) is 11.1 Å². The number of nitrogens with one attached hydrogen (secondary N) is 1. The van der Waals surface area contributed by atoms with Crippen LogP contribution in [0.2, 0.25) is 0 Å². The van der Waals surface area contributed by atoms with Crippen LogP contribution in [-0.2, 0) is 0 Å². The molecule has 2 fully saturated rings. The zero-order valence-electron chi connectivity index (χ0n) is 12.5. The molecule has 3 heteroatoms. The van der Waals surface area contributed by atoms with E-state index in [1.54, 1.807) is 6.07 Å². The minimum atomic E-state index is 0.315. The summed E-state index contributed by atoms with van der Waals surface area (Å²) in [5, 5.41) is 12.7. The van der Waals surface area contributed by atoms with Gasteiger partial charge in [-0.1, -0.05) is 20.8 Å². The van der Waals surface area contributed by atoms with Gasteiger partial charge in [-0.2, -0.15) is 5.26 Å². The van der Waals surface area contributed by atoms with Crippen LogP contribution < -0.4 is 11.1 Å². The van der Waals surface area contributed by atoms with Gasteiger partial charge in [-0.15, -0.1) is 0 Å². The number of rotatable bonds is 2. The van der Waals surface area contributed by atoms with Gasteiger partial charge in [0.15, 0.2) is 0 Å². The molecule has 3 N–H and O–H groups in total. The Kier molecular flexibility index (Phi) is 2.76. The normalized spacial score (nSPS) is 33.9. The molecule has 20 heavy (non-hydrogen) atoms. The summed E-state index contributed by atoms with van der Waals surface area (Å²) in [6, 6.07) is 8.26. The van der Waals surface area contributed by atoms with Crippen molar-refractivity contribution < 1.29 is 0 Å². The fourth-order valence-corrected chi connectivity index (χ4v) is 4.58. The van der Waals surface area contributed by atoms with Crippen molar-refractivity contribution in [2.24, 2.45) is 16.7 Å². The summed E-state index contributed by atoms with van der Waals surface area (Å²) in [6.45, 7) is 7.17. The van der Waals surface area contributed by atoms with E-state index >= 15 is 0 Å². The van der Waals surface area contributed by atoms with E-state index in [0.29, 0.717) is 28.1 Å². The summed E-state index contributed by atoms with van der Waals surface area (Å²) in [5.74, 6) is 0.820. The number of hydrogen-bond acceptors (Lipinski definition) is 3. The zero-order valence-corrected chi connectivity index (χ0v) is 12.5. The first-order chi connectivity index (χ1) is 9.37. The first-order valence-electron chi connectivity index (χ1n) is 7.43. The Morgan fingerprint density at radius 1 is 1.35 bits per heavy atom. The van der Waals surface area contributed by atoms with Crippen LogP contribution in [0.15, 0.2) is 18.2 Å². The highest BCUT2D eigenvalue weighted by Crippen LogP contribution is 2.63. The largest absolute Gasteiger partial charge is 0.398 e. The van der Waals surface area contributed by atoms with Crippen LogP contribution >= 0.6 is 0 Å². The van der Waals surface area contributed by atoms with Gasteiger partial charge in [-0.05, 0) is 54.2 Å². The number of fused-ring (bicyclic) bond motifs is 2. The van der Waals surface area contributed by atoms with Gasteiger partial charge in [0.1, 0.15) is 6.07 Å². The van der Waals surface area contributed by atoms with E-state index in [0.717, 1.165) is 11.6 Å². The van der Waals surface area contributed by atoms with E-state index in [1.165, 1.54) is 19.3 Å². The van der Waals surface area contributed by atoms with Crippen LogP contribution in [-0.4, -0.2) is 6.04 Å². The van der Waals surface area contributed by atoms with Gasteiger partial charge in [0, 0.05) is 11.7 Å². The second kappa shape index (κ2) is 4.15. The van der Waals surface area contributed by atoms with E-state index in [9.17, 15) is 0 Å². The predicted molar refractivity (Wildman–Crippen MR) is 82.2 cm³/mol. The molecule has 3 atom stereocenters. The Bertz CT molecular complexity index is 580. The van der Waals surface area contributed by atoms with Crippen LogP contribution in [0.25, 0.3) is 0 Å². The van der Waals surface area contributed by atoms with E-state index in [1.807, 2.05) is 12.1 Å². The molecule has 2 bridgehead atoms. The number of nitrogens with zero attached hydrogens (tertiary/aromatic N) is 1. The predicted octanol–water partition coefficient (Wildman–Crippen LogP) is 3.77. The van der Waals surface area contributed by atoms with Crippen LogP contribution in [0.5, 0.6) is 0 Å². The van der Waals surface area contributed by atoms with Crippen molar-refractivity contribution in [2.45, 2.75) is 46.1 Å². The van der Waals surface area contributed by atoms with Gasteiger partial charge in [0.25, 0.3) is 0 Å². The Morgan fingerprint density at radius 3 is 2.65 bits per heavy atom. The highest BCUT2D eigenvalue weighted by atomic mass is 15.0. The average Bonchev–Trinajstić information content (AvgIpc) is 2.86. The summed E-state index contributed by atoms with van der Waals surface area (Å²) in [4.78, 5) is 0. The zero-order chi connectivity index (χ0) is 14.5. The molecule has 2 saturated carbocycles. The molecule has 1 aromatic rings. The van der Waals surface area contributed by atoms with Crippen molar-refractivity contribution in [3.8, 4) is 6.07 Å². The number of anilines is 2. The van der Waals surface area contributed by atoms with Crippen molar-refractivity contribution in [1.29, 1.82) is 5.26 Å². The number of hydrogen-bond donors (Lipinski definition) is 2. The fraction of sp³-hybridized carbons (Fsp3) is 0.588. The number of nitrogen functional groups attached to an aromatic ring is 1. The van der Waals surface area contributed by atoms with E-state index < -0.39 is 0 Å². The number of nitrogens with two attached hydrogens (primary N) is 1. The molecule has 3 rings (SSSR count). The van der Waals surface area contributed by atoms with Crippen molar-refractivity contribution in [1.82, 2.24) is 0 Å². The molecule has 0 saturated heterocycles. The molecule has 0 aliphatic heterocycles. The fourth-order valence-electron chi connectivity index (χ4n) is 4.58. The maximum absolute atomic E-state index is 8.95. The van der Waals surface area contributed by atoms with Gasteiger partial charge in [0.2, 0.25) is 0 Å². The minimum absolute atomic E-state index is 0.315. The van der Waals surface area contributed by atoms with Gasteiger partial charge in [0.05, 0.1) is 11.3 Å². The third-order valence-electron chi connectivity index (χ3n) is 5.75. The molecule has 1 aromatic carbocycles. The van der Waals surface area contributed by atoms with Crippen LogP contribution in [0.3, 0.4) is 0 Å². The third-order valence-corrected chi connectivity index (χ3v) is 5.75. The lowest BCUT2D eigenvalue weighted by molar-refractivity contribution is 0.155. The molecular formula is C17H23N3. The molecule has 0 aromatic heterocycles. The van der Waals surface area contributed by atoms with E-state index in [4.69, 9.17) is 11.0 Å². The van der Waals surface area contributed by atoms with Crippen LogP contribution in [0, 0.1) is 28.1 Å². The SMILES string of the molecule is CC12CCC(C1)C(C)(C)C2Nc1ccc(C#N)c(N)c1. The maximum Gasteiger partial charge on any atom is 0.101 e. The Balaban J connectivity index is 1.88. The lowest BCUT2D eigenvalue weighted by Gasteiger charge is -2.43. The first-order valence-corrected chi connectivity index (χ1v) is 7.43. The lowest BCUT2D eigenvalue weighted by Crippen LogP contribution is -2.45. The molecule has 2 aliphatic carbocycles.